The van der Waals surface area contributed by atoms with E-state index in [2.05, 4.69) is 94.1 Å². The average Bonchev–Trinajstić information content (AvgIpc) is 2.72. The average molecular weight is 458 g/mol. The lowest BCUT2D eigenvalue weighted by molar-refractivity contribution is 0.292. The summed E-state index contributed by atoms with van der Waals surface area (Å²) in [5.74, 6) is 3.49. The number of halogens is 1. The number of nitrogens with zero attached hydrogens (tertiary/aromatic N) is 1. The molecule has 2 aromatic rings. The van der Waals surface area contributed by atoms with Crippen molar-refractivity contribution in [3.05, 3.63) is 69.7 Å². The fourth-order valence-corrected chi connectivity index (χ4v) is 8.22. The van der Waals surface area contributed by atoms with Crippen molar-refractivity contribution in [2.45, 2.75) is 36.2 Å². The van der Waals surface area contributed by atoms with Crippen molar-refractivity contribution in [2.75, 3.05) is 11.5 Å². The van der Waals surface area contributed by atoms with Crippen LogP contribution in [0.2, 0.25) is 0 Å². The summed E-state index contributed by atoms with van der Waals surface area (Å²) < 4.78 is 1.69. The Morgan fingerprint density at radius 1 is 1.11 bits per heavy atom. The molecule has 1 nitrogen and oxygen atoms in total. The Bertz CT molecular complexity index is 811. The lowest BCUT2D eigenvalue weighted by atomic mass is 9.69. The normalized spacial score (nSPS) is 24.0. The molecular formula is C23H24BrNS2. The highest BCUT2D eigenvalue weighted by molar-refractivity contribution is 9.10. The summed E-state index contributed by atoms with van der Waals surface area (Å²) in [6, 6.07) is 20.1. The van der Waals surface area contributed by atoms with E-state index in [0.29, 0.717) is 16.4 Å². The molecule has 0 bridgehead atoms. The largest absolute Gasteiger partial charge is 0.198 e. The van der Waals surface area contributed by atoms with E-state index in [1.54, 1.807) is 0 Å². The van der Waals surface area contributed by atoms with Crippen LogP contribution in [0.1, 0.15) is 35.4 Å². The molecule has 1 fully saturated rings. The third-order valence-electron chi connectivity index (χ3n) is 5.82. The molecule has 0 saturated carbocycles. The number of rotatable bonds is 4. The number of benzene rings is 2. The Labute approximate surface area is 179 Å². The Hall–Kier alpha value is -0.890. The van der Waals surface area contributed by atoms with Gasteiger partial charge in [0.25, 0.3) is 0 Å². The highest BCUT2D eigenvalue weighted by Crippen LogP contribution is 2.48. The second-order valence-corrected chi connectivity index (χ2v) is 11.2. The van der Waals surface area contributed by atoms with Crippen molar-refractivity contribution in [1.82, 2.24) is 0 Å². The van der Waals surface area contributed by atoms with Gasteiger partial charge in [0.1, 0.15) is 0 Å². The van der Waals surface area contributed by atoms with E-state index in [4.69, 9.17) is 0 Å². The fraction of sp³-hybridized carbons (Fsp3) is 0.435. The van der Waals surface area contributed by atoms with Crippen LogP contribution in [0, 0.1) is 23.2 Å². The molecule has 0 amide bonds. The Morgan fingerprint density at radius 3 is 2.63 bits per heavy atom. The number of nitriles is 1. The maximum Gasteiger partial charge on any atom is 0.0747 e. The molecule has 0 aromatic heterocycles. The van der Waals surface area contributed by atoms with Gasteiger partial charge in [0.05, 0.1) is 16.6 Å². The van der Waals surface area contributed by atoms with Crippen LogP contribution in [0.15, 0.2) is 53.0 Å². The van der Waals surface area contributed by atoms with Crippen molar-refractivity contribution in [3.8, 4) is 6.07 Å². The minimum absolute atomic E-state index is 0.00286. The van der Waals surface area contributed by atoms with Gasteiger partial charge in [0.15, 0.2) is 0 Å². The zero-order valence-electron chi connectivity index (χ0n) is 15.3. The number of fused-ring (bicyclic) bond motifs is 1. The number of hydrogen-bond donors (Lipinski definition) is 0. The van der Waals surface area contributed by atoms with Gasteiger partial charge in [0, 0.05) is 4.47 Å². The monoisotopic (exact) mass is 457 g/mol. The second kappa shape index (κ2) is 9.07. The lowest BCUT2D eigenvalue weighted by Gasteiger charge is -2.40. The van der Waals surface area contributed by atoms with Crippen molar-refractivity contribution in [3.63, 3.8) is 0 Å². The summed E-state index contributed by atoms with van der Waals surface area (Å²) in [5.41, 5.74) is 4.03. The van der Waals surface area contributed by atoms with Gasteiger partial charge >= 0.3 is 0 Å². The summed E-state index contributed by atoms with van der Waals surface area (Å²) >= 11 is 7.87. The maximum absolute atomic E-state index is 10.1. The molecule has 27 heavy (non-hydrogen) atoms. The zero-order valence-corrected chi connectivity index (χ0v) is 18.5. The smallest absolute Gasteiger partial charge is 0.0747 e. The van der Waals surface area contributed by atoms with E-state index < -0.39 is 0 Å². The predicted molar refractivity (Wildman–Crippen MR) is 121 cm³/mol. The standard InChI is InChI=1S/C23H24BrNS2/c24-18-9-7-17-8-10-19(22(15-25)20(17)14-18)21(23-26-11-4-12-27-23)13-16-5-2-1-3-6-16/h1-3,5-7,9,14,19,21-23H,4,8,10-13H2. The van der Waals surface area contributed by atoms with Crippen LogP contribution in [0.4, 0.5) is 0 Å². The first-order valence-electron chi connectivity index (χ1n) is 9.71. The molecule has 3 atom stereocenters. The van der Waals surface area contributed by atoms with Gasteiger partial charge in [-0.1, -0.05) is 52.3 Å². The SMILES string of the molecule is N#CC1c2cc(Br)ccc2CCC1C(Cc1ccccc1)C1SCCCS1. The van der Waals surface area contributed by atoms with Crippen LogP contribution < -0.4 is 0 Å². The molecule has 4 rings (SSSR count). The first kappa shape index (κ1) is 19.4. The molecule has 3 unspecified atom stereocenters. The molecule has 4 heteroatoms. The van der Waals surface area contributed by atoms with Crippen molar-refractivity contribution in [1.29, 1.82) is 5.26 Å². The van der Waals surface area contributed by atoms with E-state index >= 15 is 0 Å². The van der Waals surface area contributed by atoms with Gasteiger partial charge in [-0.3, -0.25) is 0 Å². The maximum atomic E-state index is 10.1. The first-order chi connectivity index (χ1) is 13.3. The van der Waals surface area contributed by atoms with E-state index in [9.17, 15) is 5.26 Å². The van der Waals surface area contributed by atoms with E-state index in [1.165, 1.54) is 34.6 Å². The molecular weight excluding hydrogens is 434 g/mol. The van der Waals surface area contributed by atoms with E-state index in [1.807, 2.05) is 0 Å². The predicted octanol–water partition coefficient (Wildman–Crippen LogP) is 6.67. The topological polar surface area (TPSA) is 23.8 Å². The molecule has 1 aliphatic heterocycles. The summed E-state index contributed by atoms with van der Waals surface area (Å²) in [4.78, 5) is 0. The number of thioether (sulfide) groups is 2. The molecule has 0 radical (unpaired) electrons. The van der Waals surface area contributed by atoms with Crippen LogP contribution in [0.3, 0.4) is 0 Å². The lowest BCUT2D eigenvalue weighted by Crippen LogP contribution is -2.34. The second-order valence-electron chi connectivity index (χ2n) is 7.47. The molecule has 0 spiro atoms. The van der Waals surface area contributed by atoms with Crippen LogP contribution >= 0.6 is 39.5 Å². The minimum Gasteiger partial charge on any atom is -0.198 e. The van der Waals surface area contributed by atoms with Gasteiger partial charge in [-0.05, 0) is 77.8 Å². The van der Waals surface area contributed by atoms with Gasteiger partial charge in [-0.25, -0.2) is 0 Å². The van der Waals surface area contributed by atoms with E-state index in [-0.39, 0.29) is 5.92 Å². The number of hydrogen-bond acceptors (Lipinski definition) is 3. The van der Waals surface area contributed by atoms with Crippen LogP contribution in [0.25, 0.3) is 0 Å². The fourth-order valence-electron chi connectivity index (χ4n) is 4.52. The minimum atomic E-state index is 0.00286. The van der Waals surface area contributed by atoms with Crippen molar-refractivity contribution >= 4 is 39.5 Å². The van der Waals surface area contributed by atoms with Crippen LogP contribution in [-0.2, 0) is 12.8 Å². The molecule has 0 N–H and O–H groups in total. The van der Waals surface area contributed by atoms with Gasteiger partial charge in [-0.15, -0.1) is 23.5 Å². The molecule has 1 saturated heterocycles. The third kappa shape index (κ3) is 4.42. The number of aryl methyl sites for hydroxylation is 1. The Kier molecular flexibility index (Phi) is 6.53. The summed E-state index contributed by atoms with van der Waals surface area (Å²) in [6.07, 6.45) is 4.62. The molecule has 2 aliphatic rings. The third-order valence-corrected chi connectivity index (χ3v) is 9.54. The highest BCUT2D eigenvalue weighted by atomic mass is 79.9. The van der Waals surface area contributed by atoms with E-state index in [0.717, 1.165) is 23.7 Å². The Balaban J connectivity index is 1.67. The summed E-state index contributed by atoms with van der Waals surface area (Å²) in [6.45, 7) is 0. The quantitative estimate of drug-likeness (QED) is 0.511. The zero-order chi connectivity index (χ0) is 18.6. The molecule has 140 valence electrons. The van der Waals surface area contributed by atoms with Gasteiger partial charge in [0.2, 0.25) is 0 Å². The van der Waals surface area contributed by atoms with Crippen molar-refractivity contribution in [2.24, 2.45) is 11.8 Å². The molecule has 1 heterocycles. The first-order valence-corrected chi connectivity index (χ1v) is 12.6. The van der Waals surface area contributed by atoms with Crippen molar-refractivity contribution < 1.29 is 0 Å². The molecule has 2 aromatic carbocycles. The molecule has 1 aliphatic carbocycles. The van der Waals surface area contributed by atoms with Gasteiger partial charge < -0.3 is 0 Å². The van der Waals surface area contributed by atoms with Crippen LogP contribution in [-0.4, -0.2) is 16.1 Å². The van der Waals surface area contributed by atoms with Crippen LogP contribution in [0.5, 0.6) is 0 Å². The summed E-state index contributed by atoms with van der Waals surface area (Å²) in [7, 11) is 0. The van der Waals surface area contributed by atoms with Gasteiger partial charge in [-0.2, -0.15) is 5.26 Å². The highest BCUT2D eigenvalue weighted by Gasteiger charge is 2.39. The summed E-state index contributed by atoms with van der Waals surface area (Å²) in [5, 5.41) is 10.1. The Morgan fingerprint density at radius 2 is 1.89 bits per heavy atom.